The lowest BCUT2D eigenvalue weighted by atomic mass is 10.1. The Bertz CT molecular complexity index is 641. The van der Waals surface area contributed by atoms with Crippen molar-refractivity contribution in [3.8, 4) is 0 Å². The maximum atomic E-state index is 13.0. The molecular weight excluding hydrogens is 299 g/mol. The number of hydrogen-bond acceptors (Lipinski definition) is 2. The van der Waals surface area contributed by atoms with Gasteiger partial charge in [0.15, 0.2) is 0 Å². The zero-order valence-corrected chi connectivity index (χ0v) is 11.9. The summed E-state index contributed by atoms with van der Waals surface area (Å²) >= 11 is 0. The third kappa shape index (κ3) is 4.32. The lowest BCUT2D eigenvalue weighted by molar-refractivity contribution is -0.138. The van der Waals surface area contributed by atoms with Crippen LogP contribution in [0.2, 0.25) is 0 Å². The predicted octanol–water partition coefficient (Wildman–Crippen LogP) is 3.74. The standard InChI is InChI=1S/C15H14F3NOS/c16-15(17,18)14-8-13(19)7-6-12(14)10-21(20)9-11-4-2-1-3-5-11/h1-8H,9-10,19H2. The monoisotopic (exact) mass is 313 g/mol. The molecule has 0 spiro atoms. The van der Waals surface area contributed by atoms with Crippen LogP contribution in [0.1, 0.15) is 16.7 Å². The second-order valence-corrected chi connectivity index (χ2v) is 6.09. The van der Waals surface area contributed by atoms with Gasteiger partial charge in [0.2, 0.25) is 0 Å². The highest BCUT2D eigenvalue weighted by Crippen LogP contribution is 2.34. The zero-order valence-electron chi connectivity index (χ0n) is 11.1. The van der Waals surface area contributed by atoms with Crippen LogP contribution in [0.25, 0.3) is 0 Å². The van der Waals surface area contributed by atoms with E-state index in [1.54, 1.807) is 24.3 Å². The number of halogens is 3. The molecule has 1 unspecified atom stereocenters. The van der Waals surface area contributed by atoms with E-state index in [-0.39, 0.29) is 22.8 Å². The third-order valence-corrected chi connectivity index (χ3v) is 4.21. The van der Waals surface area contributed by atoms with Gasteiger partial charge in [0.05, 0.1) is 5.56 Å². The molecule has 0 saturated carbocycles. The van der Waals surface area contributed by atoms with Crippen LogP contribution in [0.3, 0.4) is 0 Å². The first-order valence-electron chi connectivity index (χ1n) is 6.21. The van der Waals surface area contributed by atoms with Crippen molar-refractivity contribution in [1.82, 2.24) is 0 Å². The van der Waals surface area contributed by atoms with Crippen molar-refractivity contribution in [2.45, 2.75) is 17.7 Å². The smallest absolute Gasteiger partial charge is 0.399 e. The normalized spacial score (nSPS) is 13.1. The minimum Gasteiger partial charge on any atom is -0.399 e. The second kappa shape index (κ2) is 6.30. The molecule has 0 amide bonds. The summed E-state index contributed by atoms with van der Waals surface area (Å²) in [7, 11) is -1.41. The van der Waals surface area contributed by atoms with E-state index in [4.69, 9.17) is 5.73 Å². The summed E-state index contributed by atoms with van der Waals surface area (Å²) in [4.78, 5) is 0. The van der Waals surface area contributed by atoms with Crippen molar-refractivity contribution in [3.05, 3.63) is 65.2 Å². The quantitative estimate of drug-likeness (QED) is 0.874. The number of alkyl halides is 3. The van der Waals surface area contributed by atoms with Gasteiger partial charge in [-0.15, -0.1) is 0 Å². The highest BCUT2D eigenvalue weighted by atomic mass is 32.2. The Hall–Kier alpha value is -1.82. The average molecular weight is 313 g/mol. The van der Waals surface area contributed by atoms with E-state index >= 15 is 0 Å². The molecule has 2 aromatic carbocycles. The van der Waals surface area contributed by atoms with Crippen LogP contribution in [0.15, 0.2) is 48.5 Å². The van der Waals surface area contributed by atoms with Gasteiger partial charge in [0.25, 0.3) is 0 Å². The molecule has 0 aliphatic carbocycles. The summed E-state index contributed by atoms with van der Waals surface area (Å²) < 4.78 is 50.9. The number of hydrogen-bond donors (Lipinski definition) is 1. The molecule has 0 fully saturated rings. The Morgan fingerprint density at radius 1 is 1.00 bits per heavy atom. The molecule has 6 heteroatoms. The number of nitrogen functional groups attached to an aromatic ring is 1. The first-order chi connectivity index (χ1) is 9.86. The number of benzene rings is 2. The van der Waals surface area contributed by atoms with E-state index in [0.29, 0.717) is 0 Å². The summed E-state index contributed by atoms with van der Waals surface area (Å²) in [5.41, 5.74) is 5.47. The maximum absolute atomic E-state index is 13.0. The number of anilines is 1. The lowest BCUT2D eigenvalue weighted by Crippen LogP contribution is -2.12. The maximum Gasteiger partial charge on any atom is 0.416 e. The van der Waals surface area contributed by atoms with Crippen molar-refractivity contribution in [3.63, 3.8) is 0 Å². The Morgan fingerprint density at radius 2 is 1.67 bits per heavy atom. The van der Waals surface area contributed by atoms with Crippen LogP contribution in [-0.2, 0) is 28.5 Å². The Morgan fingerprint density at radius 3 is 2.29 bits per heavy atom. The molecule has 0 aliphatic heterocycles. The van der Waals surface area contributed by atoms with Crippen molar-refractivity contribution < 1.29 is 17.4 Å². The second-order valence-electron chi connectivity index (χ2n) is 4.63. The fourth-order valence-electron chi connectivity index (χ4n) is 1.97. The molecule has 21 heavy (non-hydrogen) atoms. The van der Waals surface area contributed by atoms with E-state index < -0.39 is 22.5 Å². The molecule has 0 bridgehead atoms. The molecule has 0 radical (unpaired) electrons. The zero-order chi connectivity index (χ0) is 15.5. The van der Waals surface area contributed by atoms with Gasteiger partial charge in [0, 0.05) is 28.0 Å². The molecule has 2 N–H and O–H groups in total. The van der Waals surface area contributed by atoms with Crippen LogP contribution in [0, 0.1) is 0 Å². The summed E-state index contributed by atoms with van der Waals surface area (Å²) in [6.07, 6.45) is -4.50. The predicted molar refractivity (Wildman–Crippen MR) is 77.8 cm³/mol. The van der Waals surface area contributed by atoms with E-state index in [1.165, 1.54) is 12.1 Å². The van der Waals surface area contributed by atoms with Gasteiger partial charge in [0.1, 0.15) is 0 Å². The Balaban J connectivity index is 2.18. The molecule has 1 atom stereocenters. The van der Waals surface area contributed by atoms with Gasteiger partial charge in [-0.05, 0) is 23.3 Å². The van der Waals surface area contributed by atoms with Gasteiger partial charge >= 0.3 is 6.18 Å². The van der Waals surface area contributed by atoms with Crippen molar-refractivity contribution in [2.75, 3.05) is 5.73 Å². The molecule has 2 aromatic rings. The molecule has 2 rings (SSSR count). The Labute approximate surface area is 123 Å². The van der Waals surface area contributed by atoms with Gasteiger partial charge in [-0.3, -0.25) is 4.21 Å². The van der Waals surface area contributed by atoms with Crippen LogP contribution in [0.4, 0.5) is 18.9 Å². The Kier molecular flexibility index (Phi) is 4.67. The largest absolute Gasteiger partial charge is 0.416 e. The van der Waals surface area contributed by atoms with Gasteiger partial charge < -0.3 is 5.73 Å². The molecule has 0 aromatic heterocycles. The average Bonchev–Trinajstić information content (AvgIpc) is 2.40. The highest BCUT2D eigenvalue weighted by Gasteiger charge is 2.33. The molecule has 2 nitrogen and oxygen atoms in total. The minimum atomic E-state index is -4.50. The van der Waals surface area contributed by atoms with Gasteiger partial charge in [-0.1, -0.05) is 36.4 Å². The minimum absolute atomic E-state index is 0.00552. The van der Waals surface area contributed by atoms with E-state index in [1.807, 2.05) is 6.07 Å². The van der Waals surface area contributed by atoms with Crippen LogP contribution in [0.5, 0.6) is 0 Å². The summed E-state index contributed by atoms with van der Waals surface area (Å²) in [6, 6.07) is 12.6. The fourth-order valence-corrected chi connectivity index (χ4v) is 3.23. The van der Waals surface area contributed by atoms with E-state index in [0.717, 1.165) is 11.6 Å². The lowest BCUT2D eigenvalue weighted by Gasteiger charge is -2.13. The van der Waals surface area contributed by atoms with Gasteiger partial charge in [-0.2, -0.15) is 13.2 Å². The van der Waals surface area contributed by atoms with Gasteiger partial charge in [-0.25, -0.2) is 0 Å². The summed E-state index contributed by atoms with van der Waals surface area (Å²) in [5.74, 6) is 0.0759. The van der Waals surface area contributed by atoms with Crippen molar-refractivity contribution in [2.24, 2.45) is 0 Å². The fraction of sp³-hybridized carbons (Fsp3) is 0.200. The number of nitrogens with two attached hydrogens (primary N) is 1. The molecule has 0 aliphatic rings. The molecule has 0 heterocycles. The van der Waals surface area contributed by atoms with Crippen molar-refractivity contribution >= 4 is 16.5 Å². The van der Waals surface area contributed by atoms with Crippen molar-refractivity contribution in [1.29, 1.82) is 0 Å². The van der Waals surface area contributed by atoms with Crippen LogP contribution >= 0.6 is 0 Å². The third-order valence-electron chi connectivity index (χ3n) is 2.93. The molecular formula is C15H14F3NOS. The van der Waals surface area contributed by atoms with E-state index in [9.17, 15) is 17.4 Å². The first kappa shape index (κ1) is 15.6. The van der Waals surface area contributed by atoms with Crippen LogP contribution in [-0.4, -0.2) is 4.21 Å². The summed E-state index contributed by atoms with van der Waals surface area (Å²) in [5, 5.41) is 0. The first-order valence-corrected chi connectivity index (χ1v) is 7.69. The molecule has 112 valence electrons. The molecule has 0 saturated heterocycles. The van der Waals surface area contributed by atoms with Crippen LogP contribution < -0.4 is 5.73 Å². The van der Waals surface area contributed by atoms with E-state index in [2.05, 4.69) is 0 Å². The SMILES string of the molecule is Nc1ccc(CS(=O)Cc2ccccc2)c(C(F)(F)F)c1. The topological polar surface area (TPSA) is 43.1 Å². The summed E-state index contributed by atoms with van der Waals surface area (Å²) in [6.45, 7) is 0. The highest BCUT2D eigenvalue weighted by molar-refractivity contribution is 7.83. The number of rotatable bonds is 4.